The molecule has 3 aliphatic rings. The van der Waals surface area contributed by atoms with Crippen LogP contribution in [0.5, 0.6) is 0 Å². The number of hydrogen-bond acceptors (Lipinski definition) is 9. The van der Waals surface area contributed by atoms with E-state index < -0.39 is 36.1 Å². The molecule has 0 bridgehead atoms. The molecule has 0 saturated carbocycles. The zero-order valence-electron chi connectivity index (χ0n) is 22.7. The molecule has 6 atom stereocenters. The van der Waals surface area contributed by atoms with Gasteiger partial charge >= 0.3 is 18.0 Å². The van der Waals surface area contributed by atoms with Crippen LogP contribution in [0.25, 0.3) is 0 Å². The molecule has 3 aliphatic heterocycles. The number of carbonyl (C=O) groups is 4. The number of β-lactam (4-membered cyclic amide) rings is 1. The Hall–Kier alpha value is -3.29. The van der Waals surface area contributed by atoms with Gasteiger partial charge in [0, 0.05) is 47.4 Å². The van der Waals surface area contributed by atoms with Gasteiger partial charge in [-0.2, -0.15) is 5.48 Å². The molecule has 0 aliphatic carbocycles. The number of hydroxylamine groups is 1. The van der Waals surface area contributed by atoms with Crippen molar-refractivity contribution in [1.29, 1.82) is 0 Å². The van der Waals surface area contributed by atoms with Crippen molar-refractivity contribution in [3.8, 4) is 0 Å². The van der Waals surface area contributed by atoms with Crippen LogP contribution in [0.4, 0.5) is 10.5 Å². The van der Waals surface area contributed by atoms with Gasteiger partial charge in [-0.25, -0.2) is 14.4 Å². The summed E-state index contributed by atoms with van der Waals surface area (Å²) >= 11 is 1.35. The maximum atomic E-state index is 12.6. The molecule has 3 heterocycles. The number of hydrogen-bond donors (Lipinski definition) is 5. The second-order valence-electron chi connectivity index (χ2n) is 10.4. The Labute approximate surface area is 236 Å². The Morgan fingerprint density at radius 2 is 2.00 bits per heavy atom. The Morgan fingerprint density at radius 3 is 2.65 bits per heavy atom. The summed E-state index contributed by atoms with van der Waals surface area (Å²) in [5.41, 5.74) is 3.64. The number of nitrogens with one attached hydrogen (secondary N) is 2. The van der Waals surface area contributed by atoms with Crippen LogP contribution in [0.3, 0.4) is 0 Å². The third-order valence-corrected chi connectivity index (χ3v) is 9.17. The second-order valence-corrected chi connectivity index (χ2v) is 11.7. The van der Waals surface area contributed by atoms with E-state index in [-0.39, 0.29) is 35.4 Å². The third-order valence-electron chi connectivity index (χ3n) is 7.68. The number of aliphatic carboxylic acids is 1. The van der Waals surface area contributed by atoms with Gasteiger partial charge in [-0.3, -0.25) is 4.79 Å². The van der Waals surface area contributed by atoms with Gasteiger partial charge in [0.25, 0.3) is 0 Å². The maximum Gasteiger partial charge on any atom is 0.407 e. The van der Waals surface area contributed by atoms with Gasteiger partial charge in [0.05, 0.1) is 23.6 Å². The molecule has 0 aromatic heterocycles. The number of fused-ring (bicyclic) bond motifs is 1. The largest absolute Gasteiger partial charge is 0.477 e. The van der Waals surface area contributed by atoms with Crippen LogP contribution in [0.1, 0.15) is 50.4 Å². The quantitative estimate of drug-likeness (QED) is 0.141. The van der Waals surface area contributed by atoms with Crippen LogP contribution in [0, 0.1) is 11.8 Å². The molecule has 2 saturated heterocycles. The van der Waals surface area contributed by atoms with Crippen molar-refractivity contribution in [1.82, 2.24) is 15.3 Å². The molecular formula is C27H36N4O8S. The fraction of sp³-hybridized carbons (Fsp3) is 0.556. The first-order valence-electron chi connectivity index (χ1n) is 13.5. The van der Waals surface area contributed by atoms with E-state index in [0.717, 1.165) is 5.69 Å². The molecule has 2 fully saturated rings. The van der Waals surface area contributed by atoms with E-state index in [1.165, 1.54) is 28.5 Å². The summed E-state index contributed by atoms with van der Waals surface area (Å²) in [6.07, 6.45) is -0.0526. The molecule has 2 amide bonds. The number of anilines is 1. The lowest BCUT2D eigenvalue weighted by Gasteiger charge is -2.46. The van der Waals surface area contributed by atoms with Crippen LogP contribution in [-0.4, -0.2) is 92.1 Å². The number of aliphatic hydroxyl groups excluding tert-OH is 1. The molecule has 4 rings (SSSR count). The summed E-state index contributed by atoms with van der Waals surface area (Å²) in [5, 5.41) is 32.9. The zero-order chi connectivity index (χ0) is 29.1. The van der Waals surface area contributed by atoms with Crippen LogP contribution in [0.2, 0.25) is 0 Å². The number of carbonyl (C=O) groups excluding carboxylic acids is 2. The predicted octanol–water partition coefficient (Wildman–Crippen LogP) is 2.57. The van der Waals surface area contributed by atoms with Crippen molar-refractivity contribution in [2.24, 2.45) is 11.8 Å². The average molecular weight is 577 g/mol. The lowest BCUT2D eigenvalue weighted by Crippen LogP contribution is -2.63. The smallest absolute Gasteiger partial charge is 0.407 e. The molecule has 1 aromatic rings. The summed E-state index contributed by atoms with van der Waals surface area (Å²) in [6.45, 7) is 6.54. The molecular weight excluding hydrogens is 540 g/mol. The van der Waals surface area contributed by atoms with Crippen molar-refractivity contribution in [2.75, 3.05) is 25.0 Å². The Balaban J connectivity index is 1.35. The Morgan fingerprint density at radius 1 is 1.25 bits per heavy atom. The van der Waals surface area contributed by atoms with Crippen molar-refractivity contribution in [3.05, 3.63) is 40.4 Å². The number of benzene rings is 1. The predicted molar refractivity (Wildman–Crippen MR) is 147 cm³/mol. The number of nitrogens with zero attached hydrogens (tertiary/aromatic N) is 2. The number of thioether (sulfide) groups is 1. The van der Waals surface area contributed by atoms with Gasteiger partial charge in [0.2, 0.25) is 5.91 Å². The van der Waals surface area contributed by atoms with Crippen LogP contribution >= 0.6 is 11.8 Å². The summed E-state index contributed by atoms with van der Waals surface area (Å²) in [5.74, 6) is -2.96. The van der Waals surface area contributed by atoms with Crippen LogP contribution < -0.4 is 10.8 Å². The van der Waals surface area contributed by atoms with Gasteiger partial charge in [0.1, 0.15) is 5.70 Å². The summed E-state index contributed by atoms with van der Waals surface area (Å²) in [7, 11) is 0. The number of aliphatic hydroxyl groups is 1. The van der Waals surface area contributed by atoms with E-state index in [0.29, 0.717) is 42.8 Å². The highest BCUT2D eigenvalue weighted by Gasteiger charge is 2.60. The van der Waals surface area contributed by atoms with E-state index in [1.54, 1.807) is 18.2 Å². The standard InChI is InChI=1S/C27H36N4O8S/c1-4-29-39-26(36)16-7-5-8-17(11-16)28-10-6-9-18-12-19(13-30(18)27(37)38)40-23-14(2)21-20(15(3)32)24(33)31(21)22(23)25(34)35/h5,7-8,11,14-15,18-21,28-29,32H,4,6,9-10,12-13H2,1-3H3,(H,34,35)(H,37,38). The summed E-state index contributed by atoms with van der Waals surface area (Å²) in [4.78, 5) is 57.0. The lowest BCUT2D eigenvalue weighted by molar-refractivity contribution is -0.163. The Bertz CT molecular complexity index is 1190. The van der Waals surface area contributed by atoms with E-state index in [4.69, 9.17) is 4.84 Å². The number of carboxylic acid groups (broad SMARTS) is 2. The number of carboxylic acids is 1. The maximum absolute atomic E-state index is 12.6. The molecule has 218 valence electrons. The fourth-order valence-electron chi connectivity index (χ4n) is 5.85. The first-order valence-corrected chi connectivity index (χ1v) is 14.4. The van der Waals surface area contributed by atoms with Gasteiger partial charge in [0.15, 0.2) is 0 Å². The van der Waals surface area contributed by atoms with E-state index in [1.807, 2.05) is 19.9 Å². The molecule has 13 heteroatoms. The van der Waals surface area contributed by atoms with Gasteiger partial charge < -0.3 is 35.3 Å². The molecule has 40 heavy (non-hydrogen) atoms. The first-order chi connectivity index (χ1) is 19.0. The van der Waals surface area contributed by atoms with Gasteiger partial charge in [-0.1, -0.05) is 13.0 Å². The molecule has 0 radical (unpaired) electrons. The number of amides is 2. The van der Waals surface area contributed by atoms with E-state index in [9.17, 15) is 34.5 Å². The molecule has 1 aromatic carbocycles. The first kappa shape index (κ1) is 29.7. The molecule has 5 N–H and O–H groups in total. The number of likely N-dealkylation sites (tertiary alicyclic amines) is 1. The second kappa shape index (κ2) is 12.5. The normalized spacial score (nSPS) is 26.4. The highest BCUT2D eigenvalue weighted by atomic mass is 32.2. The van der Waals surface area contributed by atoms with E-state index >= 15 is 0 Å². The van der Waals surface area contributed by atoms with Crippen molar-refractivity contribution < 1.29 is 39.3 Å². The number of rotatable bonds is 12. The van der Waals surface area contributed by atoms with Crippen molar-refractivity contribution in [3.63, 3.8) is 0 Å². The highest BCUT2D eigenvalue weighted by Crippen LogP contribution is 2.52. The van der Waals surface area contributed by atoms with Crippen LogP contribution in [-0.2, 0) is 14.4 Å². The van der Waals surface area contributed by atoms with Gasteiger partial charge in [-0.05, 0) is 51.3 Å². The third kappa shape index (κ3) is 5.91. The molecule has 12 nitrogen and oxygen atoms in total. The minimum atomic E-state index is -1.19. The summed E-state index contributed by atoms with van der Waals surface area (Å²) < 4.78 is 0. The Kier molecular flexibility index (Phi) is 9.26. The average Bonchev–Trinajstić information content (AvgIpc) is 3.42. The van der Waals surface area contributed by atoms with Gasteiger partial charge in [-0.15, -0.1) is 11.8 Å². The topological polar surface area (TPSA) is 169 Å². The molecule has 0 spiro atoms. The van der Waals surface area contributed by atoms with E-state index in [2.05, 4.69) is 10.8 Å². The fourth-order valence-corrected chi connectivity index (χ4v) is 7.41. The lowest BCUT2D eigenvalue weighted by atomic mass is 9.79. The minimum Gasteiger partial charge on any atom is -0.477 e. The SMILES string of the molecule is CCNOC(=O)c1cccc(NCCCC2CC(SC3=C(C(=O)O)N4C(=O)C(C(C)O)C4C3C)CN2C(=O)O)c1. The zero-order valence-corrected chi connectivity index (χ0v) is 23.5. The van der Waals surface area contributed by atoms with Crippen LogP contribution in [0.15, 0.2) is 34.9 Å². The minimum absolute atomic E-state index is 0.0458. The summed E-state index contributed by atoms with van der Waals surface area (Å²) in [6, 6.07) is 6.31. The van der Waals surface area contributed by atoms with Crippen molar-refractivity contribution >= 4 is 41.4 Å². The monoisotopic (exact) mass is 576 g/mol. The molecule has 6 unspecified atom stereocenters. The highest BCUT2D eigenvalue weighted by molar-refractivity contribution is 8.03. The van der Waals surface area contributed by atoms with Crippen molar-refractivity contribution in [2.45, 2.75) is 63.5 Å².